The molecule has 4 aromatic rings. The van der Waals surface area contributed by atoms with Gasteiger partial charge < -0.3 is 4.90 Å². The fraction of sp³-hybridized carbons (Fsp3) is 0.292. The molecule has 0 aliphatic carbocycles. The highest BCUT2D eigenvalue weighted by molar-refractivity contribution is 5.55. The van der Waals surface area contributed by atoms with Crippen LogP contribution in [0.25, 0.3) is 5.78 Å². The molecule has 0 spiro atoms. The molecule has 1 aliphatic rings. The van der Waals surface area contributed by atoms with Gasteiger partial charge in [0, 0.05) is 42.7 Å². The summed E-state index contributed by atoms with van der Waals surface area (Å²) in [5, 5.41) is 13.7. The van der Waals surface area contributed by atoms with Gasteiger partial charge in [0.15, 0.2) is 0 Å². The molecule has 5 rings (SSSR count). The van der Waals surface area contributed by atoms with Gasteiger partial charge in [-0.25, -0.2) is 13.9 Å². The van der Waals surface area contributed by atoms with Crippen LogP contribution < -0.4 is 10.6 Å². The topological polar surface area (TPSA) is 92.1 Å². The number of aromatic nitrogens is 5. The predicted octanol–water partition coefficient (Wildman–Crippen LogP) is 3.40. The van der Waals surface area contributed by atoms with Gasteiger partial charge in [0.05, 0.1) is 23.7 Å². The van der Waals surface area contributed by atoms with Crippen molar-refractivity contribution in [3.8, 4) is 6.07 Å². The zero-order valence-corrected chi connectivity index (χ0v) is 19.0. The van der Waals surface area contributed by atoms with E-state index in [1.165, 1.54) is 9.08 Å². The molecule has 3 aromatic heterocycles. The van der Waals surface area contributed by atoms with E-state index in [-0.39, 0.29) is 24.6 Å². The number of nitriles is 1. The maximum Gasteiger partial charge on any atom is 0.417 e. The fourth-order valence-corrected chi connectivity index (χ4v) is 4.37. The van der Waals surface area contributed by atoms with E-state index in [1.807, 2.05) is 11.8 Å². The molecular formula is C24H20F3N7O. The van der Waals surface area contributed by atoms with E-state index in [0.29, 0.717) is 46.9 Å². The van der Waals surface area contributed by atoms with Gasteiger partial charge in [-0.05, 0) is 37.1 Å². The molecule has 1 aromatic carbocycles. The lowest BCUT2D eigenvalue weighted by Gasteiger charge is -2.31. The van der Waals surface area contributed by atoms with E-state index >= 15 is 0 Å². The van der Waals surface area contributed by atoms with Crippen LogP contribution in [0, 0.1) is 25.2 Å². The molecule has 4 heterocycles. The molecule has 0 radical (unpaired) electrons. The molecule has 0 unspecified atom stereocenters. The first-order chi connectivity index (χ1) is 16.7. The molecule has 0 N–H and O–H groups in total. The van der Waals surface area contributed by atoms with E-state index in [4.69, 9.17) is 0 Å². The summed E-state index contributed by atoms with van der Waals surface area (Å²) in [4.78, 5) is 23.6. The number of pyridine rings is 1. The Morgan fingerprint density at radius 2 is 1.97 bits per heavy atom. The Morgan fingerprint density at radius 3 is 2.71 bits per heavy atom. The van der Waals surface area contributed by atoms with Gasteiger partial charge in [0.1, 0.15) is 5.82 Å². The van der Waals surface area contributed by atoms with E-state index in [2.05, 4.69) is 21.1 Å². The van der Waals surface area contributed by atoms with Crippen molar-refractivity contribution in [3.05, 3.63) is 86.2 Å². The van der Waals surface area contributed by atoms with Gasteiger partial charge >= 0.3 is 11.9 Å². The minimum absolute atomic E-state index is 0.114. The number of halogens is 3. The third-order valence-corrected chi connectivity index (χ3v) is 6.37. The Balaban J connectivity index is 1.53. The van der Waals surface area contributed by atoms with Crippen molar-refractivity contribution in [1.82, 2.24) is 24.1 Å². The number of aryl methyl sites for hydroxylation is 1. The second kappa shape index (κ2) is 8.23. The lowest BCUT2D eigenvalue weighted by Crippen LogP contribution is -2.33. The zero-order valence-electron chi connectivity index (χ0n) is 19.0. The largest absolute Gasteiger partial charge is 0.417 e. The summed E-state index contributed by atoms with van der Waals surface area (Å²) in [7, 11) is 0. The van der Waals surface area contributed by atoms with E-state index < -0.39 is 11.7 Å². The first-order valence-corrected chi connectivity index (χ1v) is 10.9. The number of hydrogen-bond acceptors (Lipinski definition) is 6. The highest BCUT2D eigenvalue weighted by atomic mass is 19.4. The minimum atomic E-state index is -4.47. The van der Waals surface area contributed by atoms with E-state index in [9.17, 15) is 23.2 Å². The van der Waals surface area contributed by atoms with Crippen LogP contribution in [0.1, 0.15) is 39.2 Å². The van der Waals surface area contributed by atoms with Crippen molar-refractivity contribution in [2.45, 2.75) is 39.5 Å². The van der Waals surface area contributed by atoms with Gasteiger partial charge in [-0.3, -0.25) is 4.98 Å². The van der Waals surface area contributed by atoms with Crippen LogP contribution in [0.15, 0.2) is 41.3 Å². The van der Waals surface area contributed by atoms with E-state index in [0.717, 1.165) is 17.8 Å². The summed E-state index contributed by atoms with van der Waals surface area (Å²) >= 11 is 0. The third kappa shape index (κ3) is 3.90. The first-order valence-electron chi connectivity index (χ1n) is 10.9. The number of rotatable bonds is 3. The second-order valence-corrected chi connectivity index (χ2v) is 8.49. The standard InChI is InChI=1S/C24H20F3N7O/c1-14-15(2)34-22(31-33(23(34)35)13-17-6-4-3-5-16(17)10-28)30-21(14)32-8-7-20-18(12-32)9-19(11-29-20)24(25,26)27/h3-6,9,11H,7-8,12-13H2,1-2H3. The van der Waals surface area contributed by atoms with Gasteiger partial charge in [-0.1, -0.05) is 18.2 Å². The monoisotopic (exact) mass is 479 g/mol. The predicted molar refractivity (Wildman–Crippen MR) is 121 cm³/mol. The number of benzene rings is 1. The summed E-state index contributed by atoms with van der Waals surface area (Å²) < 4.78 is 42.2. The Morgan fingerprint density at radius 1 is 1.20 bits per heavy atom. The van der Waals surface area contributed by atoms with E-state index in [1.54, 1.807) is 31.2 Å². The Hall–Kier alpha value is -4.20. The molecule has 0 atom stereocenters. The number of anilines is 1. The minimum Gasteiger partial charge on any atom is -0.351 e. The lowest BCUT2D eigenvalue weighted by atomic mass is 10.0. The summed E-state index contributed by atoms with van der Waals surface area (Å²) in [6.07, 6.45) is -3.12. The van der Waals surface area contributed by atoms with Crippen molar-refractivity contribution < 1.29 is 13.2 Å². The van der Waals surface area contributed by atoms with Crippen molar-refractivity contribution >= 4 is 11.6 Å². The molecule has 11 heteroatoms. The highest BCUT2D eigenvalue weighted by Gasteiger charge is 2.33. The van der Waals surface area contributed by atoms with Crippen LogP contribution in [-0.2, 0) is 25.7 Å². The fourth-order valence-electron chi connectivity index (χ4n) is 4.37. The molecule has 8 nitrogen and oxygen atoms in total. The molecule has 0 saturated carbocycles. The number of nitrogens with zero attached hydrogens (tertiary/aromatic N) is 7. The molecule has 0 amide bonds. The molecule has 178 valence electrons. The van der Waals surface area contributed by atoms with Gasteiger partial charge in [-0.15, -0.1) is 5.10 Å². The highest BCUT2D eigenvalue weighted by Crippen LogP contribution is 2.32. The SMILES string of the molecule is Cc1c(N2CCc3ncc(C(F)(F)F)cc3C2)nc2nn(Cc3ccccc3C#N)c(=O)n2c1C. The quantitative estimate of drug-likeness (QED) is 0.447. The van der Waals surface area contributed by atoms with Crippen LogP contribution in [0.2, 0.25) is 0 Å². The molecule has 0 bridgehead atoms. The average Bonchev–Trinajstić information content (AvgIpc) is 3.15. The molecule has 35 heavy (non-hydrogen) atoms. The average molecular weight is 479 g/mol. The number of hydrogen-bond donors (Lipinski definition) is 0. The Kier molecular flexibility index (Phi) is 5.31. The van der Waals surface area contributed by atoms with Crippen molar-refractivity contribution in [2.75, 3.05) is 11.4 Å². The first kappa shape index (κ1) is 22.6. The molecule has 0 saturated heterocycles. The van der Waals surface area contributed by atoms with Gasteiger partial charge in [0.25, 0.3) is 5.78 Å². The molecular weight excluding hydrogens is 459 g/mol. The van der Waals surface area contributed by atoms with Gasteiger partial charge in [0.2, 0.25) is 0 Å². The van der Waals surface area contributed by atoms with Crippen LogP contribution in [0.4, 0.5) is 19.0 Å². The summed E-state index contributed by atoms with van der Waals surface area (Å²) in [5.41, 5.74) is 2.48. The van der Waals surface area contributed by atoms with Crippen molar-refractivity contribution in [3.63, 3.8) is 0 Å². The maximum atomic E-state index is 13.2. The van der Waals surface area contributed by atoms with Crippen LogP contribution >= 0.6 is 0 Å². The maximum absolute atomic E-state index is 13.2. The van der Waals surface area contributed by atoms with Crippen LogP contribution in [-0.4, -0.2) is 30.7 Å². The number of fused-ring (bicyclic) bond motifs is 2. The van der Waals surface area contributed by atoms with Crippen molar-refractivity contribution in [1.29, 1.82) is 5.26 Å². The molecule has 0 fully saturated rings. The third-order valence-electron chi connectivity index (χ3n) is 6.37. The molecule has 1 aliphatic heterocycles. The Bertz CT molecular complexity index is 1560. The lowest BCUT2D eigenvalue weighted by molar-refractivity contribution is -0.137. The number of alkyl halides is 3. The van der Waals surface area contributed by atoms with Gasteiger partial charge in [-0.2, -0.15) is 23.4 Å². The van der Waals surface area contributed by atoms with Crippen molar-refractivity contribution in [2.24, 2.45) is 0 Å². The zero-order chi connectivity index (χ0) is 24.9. The normalized spacial score (nSPS) is 13.7. The summed E-state index contributed by atoms with van der Waals surface area (Å²) in [5.74, 6) is 0.753. The smallest absolute Gasteiger partial charge is 0.351 e. The van der Waals surface area contributed by atoms with Crippen LogP contribution in [0.5, 0.6) is 0 Å². The van der Waals surface area contributed by atoms with Crippen LogP contribution in [0.3, 0.4) is 0 Å². The Labute approximate surface area is 197 Å². The summed E-state index contributed by atoms with van der Waals surface area (Å²) in [6, 6.07) is 10.2. The second-order valence-electron chi connectivity index (χ2n) is 8.49. The summed E-state index contributed by atoms with van der Waals surface area (Å²) in [6.45, 7) is 4.46.